The molecule has 0 aromatic rings. The summed E-state index contributed by atoms with van der Waals surface area (Å²) in [4.78, 5) is 12.4. The second-order valence-electron chi connectivity index (χ2n) is 13.5. The Balaban J connectivity index is 1.99. The van der Waals surface area contributed by atoms with E-state index in [1.54, 1.807) is 11.8 Å². The molecule has 1 aliphatic heterocycles. The number of hydroxylamine groups is 1. The van der Waals surface area contributed by atoms with Gasteiger partial charge >= 0.3 is 8.56 Å². The van der Waals surface area contributed by atoms with Crippen LogP contribution in [0.5, 0.6) is 0 Å². The molecule has 0 bridgehead atoms. The summed E-state index contributed by atoms with van der Waals surface area (Å²) in [7, 11) is -2.20. The van der Waals surface area contributed by atoms with Crippen molar-refractivity contribution in [3.63, 3.8) is 0 Å². The van der Waals surface area contributed by atoms with E-state index in [1.165, 1.54) is 148 Å². The smallest absolute Gasteiger partial charge is 0.357 e. The predicted octanol–water partition coefficient (Wildman–Crippen LogP) is 12.4. The molecule has 0 radical (unpaired) electrons. The predicted molar refractivity (Wildman–Crippen MR) is 193 cm³/mol. The summed E-state index contributed by atoms with van der Waals surface area (Å²) in [5.74, 6) is 1.57. The van der Waals surface area contributed by atoms with Crippen LogP contribution >= 0.6 is 11.8 Å². The Labute approximate surface area is 275 Å². The fourth-order valence-corrected chi connectivity index (χ4v) is 9.98. The molecule has 0 saturated carbocycles. The molecular formula is C37H75NO3SSi. The molecule has 2 unspecified atom stereocenters. The summed E-state index contributed by atoms with van der Waals surface area (Å²) < 4.78 is 12.8. The molecule has 1 fully saturated rings. The molecular weight excluding hydrogens is 567 g/mol. The van der Waals surface area contributed by atoms with Gasteiger partial charge in [-0.25, -0.2) is 5.48 Å². The van der Waals surface area contributed by atoms with E-state index >= 15 is 0 Å². The van der Waals surface area contributed by atoms with Gasteiger partial charge in [0.05, 0.1) is 0 Å². The first-order valence-corrected chi connectivity index (χ1v) is 22.6. The third-order valence-electron chi connectivity index (χ3n) is 9.48. The average Bonchev–Trinajstić information content (AvgIpc) is 3.00. The Hall–Kier alpha value is 0.117. The van der Waals surface area contributed by atoms with Gasteiger partial charge in [0.2, 0.25) is 0 Å². The Morgan fingerprint density at radius 3 is 1.67 bits per heavy atom. The van der Waals surface area contributed by atoms with Crippen LogP contribution in [0.4, 0.5) is 0 Å². The first-order chi connectivity index (χ1) is 21.2. The molecule has 0 amide bonds. The van der Waals surface area contributed by atoms with Crippen LogP contribution < -0.4 is 5.48 Å². The van der Waals surface area contributed by atoms with E-state index in [2.05, 4.69) is 26.3 Å². The summed E-state index contributed by atoms with van der Waals surface area (Å²) in [5.41, 5.74) is 3.35. The summed E-state index contributed by atoms with van der Waals surface area (Å²) in [6.45, 7) is 8.59. The van der Waals surface area contributed by atoms with Gasteiger partial charge in [-0.3, -0.25) is 4.79 Å². The summed E-state index contributed by atoms with van der Waals surface area (Å²) in [5, 5.41) is 0.378. The lowest BCUT2D eigenvalue weighted by Gasteiger charge is -2.33. The Morgan fingerprint density at radius 2 is 1.16 bits per heavy atom. The Morgan fingerprint density at radius 1 is 0.674 bits per heavy atom. The van der Waals surface area contributed by atoms with Crippen molar-refractivity contribution in [3.05, 3.63) is 0 Å². The fourth-order valence-electron chi connectivity index (χ4n) is 6.36. The minimum absolute atomic E-state index is 0.378. The molecule has 1 saturated heterocycles. The molecule has 43 heavy (non-hydrogen) atoms. The number of unbranched alkanes of at least 4 members (excludes halogenated alkanes) is 21. The molecule has 0 aliphatic carbocycles. The molecule has 0 aromatic carbocycles. The van der Waals surface area contributed by atoms with E-state index in [0.717, 1.165) is 56.7 Å². The van der Waals surface area contributed by atoms with Gasteiger partial charge in [-0.1, -0.05) is 174 Å². The average molecular weight is 642 g/mol. The molecule has 0 spiro atoms. The number of rotatable bonds is 30. The summed E-state index contributed by atoms with van der Waals surface area (Å²) in [6, 6.07) is 1.96. The van der Waals surface area contributed by atoms with Gasteiger partial charge in [0.25, 0.3) is 0 Å². The first-order valence-electron chi connectivity index (χ1n) is 19.4. The normalized spacial score (nSPS) is 19.4. The van der Waals surface area contributed by atoms with E-state index in [0.29, 0.717) is 11.0 Å². The number of thioether (sulfide) groups is 1. The molecule has 6 heteroatoms. The highest BCUT2D eigenvalue weighted by molar-refractivity contribution is 8.13. The van der Waals surface area contributed by atoms with E-state index in [1.807, 2.05) is 0 Å². The number of carbonyl (C=O) groups excluding carboxylic acids is 1. The van der Waals surface area contributed by atoms with Crippen LogP contribution in [0.25, 0.3) is 0 Å². The highest BCUT2D eigenvalue weighted by Gasteiger charge is 2.37. The maximum absolute atomic E-state index is 12.4. The molecule has 1 heterocycles. The van der Waals surface area contributed by atoms with Crippen molar-refractivity contribution < 1.29 is 13.7 Å². The van der Waals surface area contributed by atoms with Gasteiger partial charge in [-0.05, 0) is 43.7 Å². The topological polar surface area (TPSA) is 47.6 Å². The maximum Gasteiger partial charge on any atom is 0.357 e. The van der Waals surface area contributed by atoms with Crippen LogP contribution in [-0.2, 0) is 13.7 Å². The third kappa shape index (κ3) is 25.0. The second kappa shape index (κ2) is 30.8. The molecule has 1 N–H and O–H groups in total. The first kappa shape index (κ1) is 41.1. The van der Waals surface area contributed by atoms with Crippen molar-refractivity contribution >= 4 is 25.4 Å². The Bertz CT molecular complexity index is 598. The van der Waals surface area contributed by atoms with Gasteiger partial charge in [0.15, 0.2) is 5.12 Å². The van der Waals surface area contributed by atoms with E-state index in [4.69, 9.17) is 8.95 Å². The zero-order valence-corrected chi connectivity index (χ0v) is 31.2. The number of hydrogen-bond acceptors (Lipinski definition) is 5. The van der Waals surface area contributed by atoms with E-state index in [-0.39, 0.29) is 0 Å². The SMILES string of the molecule is CCCCCCCCCCCCCCCC(=O)SCCC[Si]1(CC)OCCC(CCCCCCCCCCCC)CNO1. The Kier molecular flexibility index (Phi) is 29.4. The van der Waals surface area contributed by atoms with Crippen LogP contribution in [0, 0.1) is 5.92 Å². The fraction of sp³-hybridized carbons (Fsp3) is 0.973. The van der Waals surface area contributed by atoms with Crippen molar-refractivity contribution in [2.24, 2.45) is 5.92 Å². The van der Waals surface area contributed by atoms with Crippen LogP contribution in [0.2, 0.25) is 12.1 Å². The lowest BCUT2D eigenvalue weighted by molar-refractivity contribution is -0.111. The van der Waals surface area contributed by atoms with Crippen LogP contribution in [0.3, 0.4) is 0 Å². The number of carbonyl (C=O) groups is 1. The molecule has 2 atom stereocenters. The largest absolute Gasteiger partial charge is 0.393 e. The van der Waals surface area contributed by atoms with Crippen LogP contribution in [0.1, 0.15) is 194 Å². The van der Waals surface area contributed by atoms with Gasteiger partial charge in [0, 0.05) is 25.3 Å². The monoisotopic (exact) mass is 642 g/mol. The lowest BCUT2D eigenvalue weighted by atomic mass is 9.97. The minimum Gasteiger partial charge on any atom is -0.393 e. The van der Waals surface area contributed by atoms with Crippen molar-refractivity contribution in [1.82, 2.24) is 5.48 Å². The van der Waals surface area contributed by atoms with Gasteiger partial charge in [-0.15, -0.1) is 0 Å². The molecule has 256 valence electrons. The quantitative estimate of drug-likeness (QED) is 0.0624. The second-order valence-corrected chi connectivity index (χ2v) is 18.2. The molecule has 1 rings (SSSR count). The third-order valence-corrected chi connectivity index (χ3v) is 13.9. The summed E-state index contributed by atoms with van der Waals surface area (Å²) >= 11 is 1.54. The molecule has 1 aliphatic rings. The number of nitrogens with one attached hydrogen (secondary N) is 1. The van der Waals surface area contributed by atoms with Crippen LogP contribution in [-0.4, -0.2) is 32.6 Å². The van der Waals surface area contributed by atoms with Crippen molar-refractivity contribution in [2.45, 2.75) is 206 Å². The van der Waals surface area contributed by atoms with Gasteiger partial charge in [-0.2, -0.15) is 0 Å². The highest BCUT2D eigenvalue weighted by Crippen LogP contribution is 2.26. The van der Waals surface area contributed by atoms with Crippen molar-refractivity contribution in [1.29, 1.82) is 0 Å². The maximum atomic E-state index is 12.4. The lowest BCUT2D eigenvalue weighted by Crippen LogP contribution is -2.49. The standard InChI is InChI=1S/C37H75NO3SSi/c1-4-7-9-11-13-15-17-18-19-21-23-25-27-30-37(39)42-33-28-34-43(6-3)40-32-31-36(35-38-41-43)29-26-24-22-20-16-14-12-10-8-5-2/h36,38H,4-35H2,1-3H3. The molecule has 4 nitrogen and oxygen atoms in total. The molecule has 0 aromatic heterocycles. The highest BCUT2D eigenvalue weighted by atomic mass is 32.2. The van der Waals surface area contributed by atoms with Crippen molar-refractivity contribution in [2.75, 3.05) is 18.9 Å². The van der Waals surface area contributed by atoms with Crippen molar-refractivity contribution in [3.8, 4) is 0 Å². The minimum atomic E-state index is -2.20. The summed E-state index contributed by atoms with van der Waals surface area (Å²) in [6.07, 6.45) is 35.7. The van der Waals surface area contributed by atoms with Crippen LogP contribution in [0.15, 0.2) is 0 Å². The van der Waals surface area contributed by atoms with E-state index in [9.17, 15) is 4.79 Å². The van der Waals surface area contributed by atoms with Gasteiger partial charge < -0.3 is 8.95 Å². The van der Waals surface area contributed by atoms with Gasteiger partial charge in [0.1, 0.15) is 0 Å². The zero-order chi connectivity index (χ0) is 31.1. The zero-order valence-electron chi connectivity index (χ0n) is 29.3. The van der Waals surface area contributed by atoms with E-state index < -0.39 is 8.56 Å². The number of hydrogen-bond donors (Lipinski definition) is 1.